The topological polar surface area (TPSA) is 79.1 Å². The Kier molecular flexibility index (Phi) is 5.56. The van der Waals surface area contributed by atoms with Crippen molar-refractivity contribution < 1.29 is 23.8 Å². The van der Waals surface area contributed by atoms with E-state index in [1.807, 2.05) is 12.1 Å². The third-order valence-electron chi connectivity index (χ3n) is 3.94. The van der Waals surface area contributed by atoms with E-state index in [0.29, 0.717) is 21.9 Å². The van der Waals surface area contributed by atoms with Gasteiger partial charge in [-0.15, -0.1) is 0 Å². The lowest BCUT2D eigenvalue weighted by atomic mass is 10.2. The number of esters is 1. The number of hydrogen-bond acceptors (Lipinski definition) is 6. The van der Waals surface area contributed by atoms with E-state index in [2.05, 4.69) is 4.99 Å². The van der Waals surface area contributed by atoms with E-state index in [0.717, 1.165) is 10.2 Å². The van der Waals surface area contributed by atoms with Crippen LogP contribution >= 0.6 is 11.3 Å². The molecule has 8 heteroatoms. The van der Waals surface area contributed by atoms with Gasteiger partial charge in [-0.1, -0.05) is 11.3 Å². The van der Waals surface area contributed by atoms with Crippen LogP contribution in [-0.2, 0) is 16.1 Å². The van der Waals surface area contributed by atoms with E-state index < -0.39 is 11.9 Å². The summed E-state index contributed by atoms with van der Waals surface area (Å²) in [7, 11) is 4.46. The number of fused-ring (bicyclic) bond motifs is 1. The maximum Gasteiger partial charge on any atom is 0.325 e. The average Bonchev–Trinajstić information content (AvgIpc) is 3.03. The molecule has 2 aromatic carbocycles. The highest BCUT2D eigenvalue weighted by Crippen LogP contribution is 2.23. The molecule has 1 heterocycles. The maximum atomic E-state index is 12.6. The number of methoxy groups -OCH3 is 3. The molecule has 0 aliphatic heterocycles. The Morgan fingerprint density at radius 2 is 1.67 bits per heavy atom. The van der Waals surface area contributed by atoms with Crippen LogP contribution in [0.5, 0.6) is 11.5 Å². The first-order valence-corrected chi connectivity index (χ1v) is 8.84. The molecule has 0 atom stereocenters. The second-order valence-electron chi connectivity index (χ2n) is 5.53. The number of amides is 1. The number of ether oxygens (including phenoxy) is 3. The molecule has 0 unspecified atom stereocenters. The molecule has 1 amide bonds. The van der Waals surface area contributed by atoms with E-state index in [-0.39, 0.29) is 6.54 Å². The Bertz CT molecular complexity index is 1050. The molecule has 27 heavy (non-hydrogen) atoms. The second kappa shape index (κ2) is 8.05. The number of rotatable bonds is 5. The zero-order valence-corrected chi connectivity index (χ0v) is 15.9. The van der Waals surface area contributed by atoms with Gasteiger partial charge in [0.1, 0.15) is 18.0 Å². The lowest BCUT2D eigenvalue weighted by Crippen LogP contribution is -2.22. The van der Waals surface area contributed by atoms with E-state index in [1.54, 1.807) is 49.1 Å². The number of carbonyl (C=O) groups is 2. The molecular formula is C19H18N2O5S. The van der Waals surface area contributed by atoms with Gasteiger partial charge in [0.15, 0.2) is 4.80 Å². The summed E-state index contributed by atoms with van der Waals surface area (Å²) < 4.78 is 17.6. The number of thiazole rings is 1. The first kappa shape index (κ1) is 18.7. The van der Waals surface area contributed by atoms with E-state index in [4.69, 9.17) is 14.2 Å². The minimum atomic E-state index is -0.427. The molecule has 0 saturated heterocycles. The molecule has 3 aromatic rings. The molecule has 7 nitrogen and oxygen atoms in total. The van der Waals surface area contributed by atoms with Crippen molar-refractivity contribution in [2.24, 2.45) is 4.99 Å². The smallest absolute Gasteiger partial charge is 0.325 e. The lowest BCUT2D eigenvalue weighted by molar-refractivity contribution is -0.141. The summed E-state index contributed by atoms with van der Waals surface area (Å²) in [5, 5.41) is 0. The highest BCUT2D eigenvalue weighted by atomic mass is 32.1. The molecule has 0 aliphatic rings. The van der Waals surface area contributed by atoms with Gasteiger partial charge in [-0.2, -0.15) is 4.99 Å². The molecular weight excluding hydrogens is 368 g/mol. The molecule has 0 fully saturated rings. The fourth-order valence-corrected chi connectivity index (χ4v) is 3.55. The van der Waals surface area contributed by atoms with Crippen LogP contribution in [0.25, 0.3) is 10.2 Å². The Labute approximate surface area is 159 Å². The summed E-state index contributed by atoms with van der Waals surface area (Å²) in [4.78, 5) is 29.0. The van der Waals surface area contributed by atoms with Crippen molar-refractivity contribution in [1.29, 1.82) is 0 Å². The van der Waals surface area contributed by atoms with Crippen molar-refractivity contribution in [1.82, 2.24) is 4.57 Å². The van der Waals surface area contributed by atoms with Crippen molar-refractivity contribution in [3.8, 4) is 11.5 Å². The van der Waals surface area contributed by atoms with Gasteiger partial charge < -0.3 is 18.8 Å². The fourth-order valence-electron chi connectivity index (χ4n) is 2.50. The number of carbonyl (C=O) groups excluding carboxylic acids is 2. The molecule has 0 spiro atoms. The monoisotopic (exact) mass is 386 g/mol. The Hall–Kier alpha value is -3.13. The summed E-state index contributed by atoms with van der Waals surface area (Å²) in [6.45, 7) is -0.0441. The van der Waals surface area contributed by atoms with Gasteiger partial charge in [-0.3, -0.25) is 9.59 Å². The summed E-state index contributed by atoms with van der Waals surface area (Å²) in [5.41, 5.74) is 1.20. The highest BCUT2D eigenvalue weighted by Gasteiger charge is 2.13. The minimum absolute atomic E-state index is 0.0441. The van der Waals surface area contributed by atoms with Gasteiger partial charge in [-0.25, -0.2) is 0 Å². The van der Waals surface area contributed by atoms with Crippen LogP contribution in [0.1, 0.15) is 10.4 Å². The van der Waals surface area contributed by atoms with Crippen LogP contribution in [-0.4, -0.2) is 37.8 Å². The molecule has 0 radical (unpaired) electrons. The third kappa shape index (κ3) is 4.01. The van der Waals surface area contributed by atoms with E-state index in [9.17, 15) is 9.59 Å². The number of benzene rings is 2. The average molecular weight is 386 g/mol. The molecule has 0 saturated carbocycles. The van der Waals surface area contributed by atoms with Crippen molar-refractivity contribution >= 4 is 33.4 Å². The van der Waals surface area contributed by atoms with Crippen LogP contribution in [0, 0.1) is 0 Å². The van der Waals surface area contributed by atoms with E-state index >= 15 is 0 Å². The first-order valence-electron chi connectivity index (χ1n) is 8.03. The van der Waals surface area contributed by atoms with Crippen LogP contribution < -0.4 is 14.3 Å². The Morgan fingerprint density at radius 1 is 1.00 bits per heavy atom. The maximum absolute atomic E-state index is 12.6. The summed E-state index contributed by atoms with van der Waals surface area (Å²) in [6, 6.07) is 12.1. The van der Waals surface area contributed by atoms with Crippen LogP contribution in [0.3, 0.4) is 0 Å². The number of nitrogens with zero attached hydrogens (tertiary/aromatic N) is 2. The first-order chi connectivity index (χ1) is 13.0. The van der Waals surface area contributed by atoms with Gasteiger partial charge in [0, 0.05) is 5.56 Å². The summed E-state index contributed by atoms with van der Waals surface area (Å²) >= 11 is 1.30. The SMILES string of the molecule is COC(=O)Cn1c(=NC(=O)c2ccc(OC)cc2)sc2cc(OC)ccc21. The standard InChI is InChI=1S/C19H18N2O5S/c1-24-13-6-4-12(5-7-13)18(23)20-19-21(11-17(22)26-3)15-9-8-14(25-2)10-16(15)27-19/h4-10H,11H2,1-3H3. The van der Waals surface area contributed by atoms with Crippen molar-refractivity contribution in [3.63, 3.8) is 0 Å². The summed E-state index contributed by atoms with van der Waals surface area (Å²) in [6.07, 6.45) is 0. The third-order valence-corrected chi connectivity index (χ3v) is 4.98. The van der Waals surface area contributed by atoms with Crippen LogP contribution in [0.2, 0.25) is 0 Å². The predicted octanol–water partition coefficient (Wildman–Crippen LogP) is 2.63. The quantitative estimate of drug-likeness (QED) is 0.630. The van der Waals surface area contributed by atoms with Gasteiger partial charge >= 0.3 is 5.97 Å². The van der Waals surface area contributed by atoms with Crippen molar-refractivity contribution in [3.05, 3.63) is 52.8 Å². The normalized spacial score (nSPS) is 11.4. The highest BCUT2D eigenvalue weighted by molar-refractivity contribution is 7.16. The van der Waals surface area contributed by atoms with Crippen molar-refractivity contribution in [2.45, 2.75) is 6.54 Å². The Morgan fingerprint density at radius 3 is 2.30 bits per heavy atom. The zero-order valence-electron chi connectivity index (χ0n) is 15.1. The molecule has 3 rings (SSSR count). The minimum Gasteiger partial charge on any atom is -0.497 e. The van der Waals surface area contributed by atoms with Gasteiger partial charge in [0.2, 0.25) is 0 Å². The second-order valence-corrected chi connectivity index (χ2v) is 6.54. The van der Waals surface area contributed by atoms with Gasteiger partial charge in [0.05, 0.1) is 31.5 Å². The molecule has 0 N–H and O–H groups in total. The van der Waals surface area contributed by atoms with E-state index in [1.165, 1.54) is 18.4 Å². The summed E-state index contributed by atoms with van der Waals surface area (Å²) in [5.74, 6) is 0.502. The predicted molar refractivity (Wildman–Crippen MR) is 101 cm³/mol. The Balaban J connectivity index is 2.09. The molecule has 0 aliphatic carbocycles. The lowest BCUT2D eigenvalue weighted by Gasteiger charge is -2.04. The molecule has 0 bridgehead atoms. The van der Waals surface area contributed by atoms with Gasteiger partial charge in [-0.05, 0) is 42.5 Å². The molecule has 1 aromatic heterocycles. The molecule has 140 valence electrons. The number of aromatic nitrogens is 1. The largest absolute Gasteiger partial charge is 0.497 e. The van der Waals surface area contributed by atoms with Crippen molar-refractivity contribution in [2.75, 3.05) is 21.3 Å². The van der Waals surface area contributed by atoms with Gasteiger partial charge in [0.25, 0.3) is 5.91 Å². The number of hydrogen-bond donors (Lipinski definition) is 0. The zero-order chi connectivity index (χ0) is 19.4. The fraction of sp³-hybridized carbons (Fsp3) is 0.211. The van der Waals surface area contributed by atoms with Crippen LogP contribution in [0.4, 0.5) is 0 Å². The van der Waals surface area contributed by atoms with Crippen LogP contribution in [0.15, 0.2) is 47.5 Å².